The molecule has 1 aliphatic heterocycles. The molecule has 3 heterocycles. The predicted octanol–water partition coefficient (Wildman–Crippen LogP) is 5.30. The zero-order valence-electron chi connectivity index (χ0n) is 19.3. The van der Waals surface area contributed by atoms with Crippen molar-refractivity contribution in [2.45, 2.75) is 87.7 Å². The molecule has 2 aromatic heterocycles. The molecule has 1 atom stereocenters. The van der Waals surface area contributed by atoms with Crippen LogP contribution in [0.3, 0.4) is 0 Å². The molecule has 0 amide bonds. The van der Waals surface area contributed by atoms with Gasteiger partial charge >= 0.3 is 0 Å². The Kier molecular flexibility index (Phi) is 6.44. The number of halogens is 1. The highest BCUT2D eigenvalue weighted by Gasteiger charge is 2.48. The lowest BCUT2D eigenvalue weighted by Crippen LogP contribution is -2.47. The molecule has 1 saturated heterocycles. The summed E-state index contributed by atoms with van der Waals surface area (Å²) < 4.78 is 19.9. The normalized spacial score (nSPS) is 24.5. The molecular formula is C27H33FN4O. The number of hydrogen-bond donors (Lipinski definition) is 1. The summed E-state index contributed by atoms with van der Waals surface area (Å²) in [6.07, 6.45) is 15.4. The van der Waals surface area contributed by atoms with Crippen LogP contribution in [-0.4, -0.2) is 28.7 Å². The van der Waals surface area contributed by atoms with Gasteiger partial charge in [-0.05, 0) is 80.7 Å². The fourth-order valence-electron chi connectivity index (χ4n) is 6.05. The van der Waals surface area contributed by atoms with Gasteiger partial charge in [-0.25, -0.2) is 4.98 Å². The highest BCUT2D eigenvalue weighted by atomic mass is 19.1. The van der Waals surface area contributed by atoms with Gasteiger partial charge in [-0.15, -0.1) is 0 Å². The minimum absolute atomic E-state index is 0.00544. The first-order valence-corrected chi connectivity index (χ1v) is 12.5. The van der Waals surface area contributed by atoms with Crippen LogP contribution in [0.5, 0.6) is 0 Å². The average molecular weight is 449 g/mol. The van der Waals surface area contributed by atoms with Crippen LogP contribution in [0.25, 0.3) is 0 Å². The predicted molar refractivity (Wildman–Crippen MR) is 124 cm³/mol. The van der Waals surface area contributed by atoms with Crippen LogP contribution in [0.1, 0.15) is 92.5 Å². The molecule has 2 aromatic rings. The van der Waals surface area contributed by atoms with Gasteiger partial charge in [-0.3, -0.25) is 4.98 Å². The summed E-state index contributed by atoms with van der Waals surface area (Å²) >= 11 is 0. The lowest BCUT2D eigenvalue weighted by molar-refractivity contribution is -0.104. The Balaban J connectivity index is 1.30. The number of hydrogen-bond acceptors (Lipinski definition) is 5. The fourth-order valence-corrected chi connectivity index (χ4v) is 6.05. The molecule has 174 valence electrons. The molecule has 5 rings (SSSR count). The first-order chi connectivity index (χ1) is 16.1. The van der Waals surface area contributed by atoms with E-state index in [0.717, 1.165) is 50.8 Å². The minimum atomic E-state index is -0.708. The van der Waals surface area contributed by atoms with Crippen LogP contribution in [0.15, 0.2) is 30.6 Å². The van der Waals surface area contributed by atoms with Gasteiger partial charge in [0.05, 0.1) is 5.60 Å². The monoisotopic (exact) mass is 448 g/mol. The van der Waals surface area contributed by atoms with E-state index in [-0.39, 0.29) is 16.6 Å². The summed E-state index contributed by atoms with van der Waals surface area (Å²) in [6.45, 7) is 2.18. The third-order valence-electron chi connectivity index (χ3n) is 8.20. The van der Waals surface area contributed by atoms with Gasteiger partial charge < -0.3 is 10.1 Å². The van der Waals surface area contributed by atoms with Crippen LogP contribution in [-0.2, 0) is 16.7 Å². The number of aromatic nitrogens is 2. The largest absolute Gasteiger partial charge is 0.375 e. The van der Waals surface area contributed by atoms with E-state index in [2.05, 4.69) is 28.6 Å². The Morgan fingerprint density at radius 2 is 1.97 bits per heavy atom. The van der Waals surface area contributed by atoms with Gasteiger partial charge in [-0.2, -0.15) is 9.65 Å². The zero-order chi connectivity index (χ0) is 22.7. The van der Waals surface area contributed by atoms with E-state index < -0.39 is 5.95 Å². The molecular weight excluding hydrogens is 415 g/mol. The molecule has 3 fully saturated rings. The van der Waals surface area contributed by atoms with Crippen molar-refractivity contribution >= 4 is 0 Å². The van der Waals surface area contributed by atoms with Crippen LogP contribution < -0.4 is 5.32 Å². The molecule has 5 nitrogen and oxygen atoms in total. The van der Waals surface area contributed by atoms with Crippen molar-refractivity contribution < 1.29 is 9.13 Å². The van der Waals surface area contributed by atoms with Crippen molar-refractivity contribution in [1.82, 2.24) is 15.3 Å². The number of rotatable bonds is 7. The summed E-state index contributed by atoms with van der Waals surface area (Å²) in [4.78, 5) is 8.74. The molecule has 1 unspecified atom stereocenters. The van der Waals surface area contributed by atoms with Crippen LogP contribution in [0.2, 0.25) is 0 Å². The maximum Gasteiger partial charge on any atom is 0.230 e. The molecule has 2 saturated carbocycles. The smallest absolute Gasteiger partial charge is 0.230 e. The molecule has 1 N–H and O–H groups in total. The zero-order valence-corrected chi connectivity index (χ0v) is 19.3. The third kappa shape index (κ3) is 4.67. The molecule has 2 aliphatic carbocycles. The van der Waals surface area contributed by atoms with Gasteiger partial charge in [-0.1, -0.05) is 25.3 Å². The number of ether oxygens (including phenoxy) is 1. The van der Waals surface area contributed by atoms with Crippen molar-refractivity contribution in [3.63, 3.8) is 0 Å². The molecule has 33 heavy (non-hydrogen) atoms. The van der Waals surface area contributed by atoms with E-state index in [1.807, 2.05) is 6.07 Å². The first kappa shape index (κ1) is 22.4. The van der Waals surface area contributed by atoms with Gasteiger partial charge in [0.1, 0.15) is 11.6 Å². The van der Waals surface area contributed by atoms with Gasteiger partial charge in [0.2, 0.25) is 5.95 Å². The number of nitriles is 1. The second-order valence-electron chi connectivity index (χ2n) is 10.3. The van der Waals surface area contributed by atoms with Crippen molar-refractivity contribution in [2.75, 3.05) is 13.2 Å². The first-order valence-electron chi connectivity index (χ1n) is 12.5. The minimum Gasteiger partial charge on any atom is -0.375 e. The quantitative estimate of drug-likeness (QED) is 0.460. The topological polar surface area (TPSA) is 70.8 Å². The molecule has 0 radical (unpaired) electrons. The number of nitrogens with zero attached hydrogens (tertiary/aromatic N) is 3. The molecule has 3 aliphatic rings. The maximum absolute atomic E-state index is 13.5. The van der Waals surface area contributed by atoms with E-state index in [9.17, 15) is 4.39 Å². The van der Waals surface area contributed by atoms with Crippen molar-refractivity contribution in [2.24, 2.45) is 0 Å². The molecule has 0 bridgehead atoms. The van der Waals surface area contributed by atoms with Gasteiger partial charge in [0.25, 0.3) is 0 Å². The summed E-state index contributed by atoms with van der Waals surface area (Å²) in [7, 11) is 0. The van der Waals surface area contributed by atoms with E-state index in [4.69, 9.17) is 15.0 Å². The Hall–Kier alpha value is -2.36. The van der Waals surface area contributed by atoms with E-state index in [0.29, 0.717) is 12.5 Å². The Morgan fingerprint density at radius 1 is 1.12 bits per heavy atom. The highest BCUT2D eigenvalue weighted by molar-refractivity contribution is 5.30. The second kappa shape index (κ2) is 9.48. The highest BCUT2D eigenvalue weighted by Crippen LogP contribution is 2.50. The van der Waals surface area contributed by atoms with Crippen molar-refractivity contribution in [3.8, 4) is 6.07 Å². The lowest BCUT2D eigenvalue weighted by atomic mass is 9.67. The summed E-state index contributed by atoms with van der Waals surface area (Å²) in [5.41, 5.74) is 3.43. The standard InChI is InChI=1S/C27H33FN4O/c28-25-23(15-29)14-20(17-32-25)16-30-12-10-26(11-13-33-27(19-26)8-1-2-9-27)24-7-6-22(18-31-24)21-4-3-5-21/h6-7,14,17-18,21,30H,1-5,8-13,16,19H2. The fraction of sp³-hybridized carbons (Fsp3) is 0.593. The molecule has 1 spiro atoms. The van der Waals surface area contributed by atoms with Crippen LogP contribution in [0.4, 0.5) is 4.39 Å². The van der Waals surface area contributed by atoms with E-state index in [1.165, 1.54) is 49.6 Å². The SMILES string of the molecule is N#Cc1cc(CNCCC2(c3ccc(C4CCC4)cn3)CCOC3(CCCC3)C2)cnc1F. The lowest BCUT2D eigenvalue weighted by Gasteiger charge is -2.46. The van der Waals surface area contributed by atoms with Gasteiger partial charge in [0.15, 0.2) is 0 Å². The third-order valence-corrected chi connectivity index (χ3v) is 8.20. The Labute approximate surface area is 195 Å². The van der Waals surface area contributed by atoms with Crippen molar-refractivity contribution in [3.05, 3.63) is 58.9 Å². The van der Waals surface area contributed by atoms with Gasteiger partial charge in [0, 0.05) is 36.7 Å². The maximum atomic E-state index is 13.5. The summed E-state index contributed by atoms with van der Waals surface area (Å²) in [5, 5.41) is 12.6. The average Bonchev–Trinajstić information content (AvgIpc) is 3.24. The van der Waals surface area contributed by atoms with Crippen LogP contribution in [0, 0.1) is 17.3 Å². The van der Waals surface area contributed by atoms with E-state index in [1.54, 1.807) is 6.07 Å². The van der Waals surface area contributed by atoms with Crippen LogP contribution >= 0.6 is 0 Å². The molecule has 6 heteroatoms. The van der Waals surface area contributed by atoms with E-state index >= 15 is 0 Å². The number of nitrogens with one attached hydrogen (secondary N) is 1. The van der Waals surface area contributed by atoms with Crippen molar-refractivity contribution in [1.29, 1.82) is 5.26 Å². The summed E-state index contributed by atoms with van der Waals surface area (Å²) in [5.74, 6) is -0.0108. The summed E-state index contributed by atoms with van der Waals surface area (Å²) in [6, 6.07) is 8.04. The Morgan fingerprint density at radius 3 is 2.67 bits per heavy atom. The molecule has 0 aromatic carbocycles. The Bertz CT molecular complexity index is 1010. The second-order valence-corrected chi connectivity index (χ2v) is 10.3. The number of pyridine rings is 2.